The van der Waals surface area contributed by atoms with E-state index in [-0.39, 0.29) is 24.3 Å². The van der Waals surface area contributed by atoms with E-state index in [2.05, 4.69) is 5.32 Å². The van der Waals surface area contributed by atoms with Gasteiger partial charge in [-0.3, -0.25) is 9.59 Å². The fourth-order valence-electron chi connectivity index (χ4n) is 2.27. The van der Waals surface area contributed by atoms with Crippen LogP contribution in [0.4, 0.5) is 0 Å². The van der Waals surface area contributed by atoms with Gasteiger partial charge in [0.1, 0.15) is 6.04 Å². The molecule has 2 amide bonds. The number of likely N-dealkylation sites (tertiary alicyclic amines) is 1. The zero-order valence-electron chi connectivity index (χ0n) is 10.5. The summed E-state index contributed by atoms with van der Waals surface area (Å²) in [5.41, 5.74) is 0. The molecule has 3 N–H and O–H groups in total. The summed E-state index contributed by atoms with van der Waals surface area (Å²) in [6.07, 6.45) is 1.53. The van der Waals surface area contributed by atoms with Crippen LogP contribution in [0.25, 0.3) is 0 Å². The summed E-state index contributed by atoms with van der Waals surface area (Å²) in [4.78, 5) is 35.9. The zero-order valence-corrected chi connectivity index (χ0v) is 10.5. The fraction of sp³-hybridized carbons (Fsp3) is 0.750. The van der Waals surface area contributed by atoms with Crippen molar-refractivity contribution in [3.05, 3.63) is 0 Å². The first kappa shape index (κ1) is 13.8. The van der Waals surface area contributed by atoms with Crippen LogP contribution < -0.4 is 5.32 Å². The first-order valence-corrected chi connectivity index (χ1v) is 6.49. The Labute approximate surface area is 110 Å². The van der Waals surface area contributed by atoms with Crippen LogP contribution in [-0.4, -0.2) is 58.1 Å². The maximum absolute atomic E-state index is 12.0. The second kappa shape index (κ2) is 5.56. The van der Waals surface area contributed by atoms with Gasteiger partial charge in [-0.1, -0.05) is 0 Å². The number of aliphatic carboxylic acids is 1. The molecule has 0 aromatic carbocycles. The van der Waals surface area contributed by atoms with Crippen molar-refractivity contribution >= 4 is 17.8 Å². The number of carbonyl (C=O) groups is 3. The topological polar surface area (TPSA) is 107 Å². The molecule has 1 heterocycles. The van der Waals surface area contributed by atoms with E-state index in [4.69, 9.17) is 10.2 Å². The third-order valence-corrected chi connectivity index (χ3v) is 3.52. The van der Waals surface area contributed by atoms with E-state index in [9.17, 15) is 14.4 Å². The molecular weight excluding hydrogens is 252 g/mol. The summed E-state index contributed by atoms with van der Waals surface area (Å²) < 4.78 is 0. The van der Waals surface area contributed by atoms with Crippen LogP contribution in [0.3, 0.4) is 0 Å². The minimum Gasteiger partial charge on any atom is -0.479 e. The number of rotatable bonds is 5. The number of carbonyl (C=O) groups excluding carboxylic acids is 2. The molecule has 1 saturated heterocycles. The number of aliphatic hydroxyl groups excluding tert-OH is 1. The summed E-state index contributed by atoms with van der Waals surface area (Å²) in [6.45, 7) is 0.241. The summed E-state index contributed by atoms with van der Waals surface area (Å²) in [7, 11) is 0. The van der Waals surface area contributed by atoms with Gasteiger partial charge in [0.2, 0.25) is 11.8 Å². The van der Waals surface area contributed by atoms with E-state index in [1.807, 2.05) is 0 Å². The van der Waals surface area contributed by atoms with E-state index < -0.39 is 18.1 Å². The van der Waals surface area contributed by atoms with Crippen molar-refractivity contribution in [1.29, 1.82) is 0 Å². The number of nitrogens with zero attached hydrogens (tertiary/aromatic N) is 1. The summed E-state index contributed by atoms with van der Waals surface area (Å²) in [6, 6.07) is -0.519. The van der Waals surface area contributed by atoms with Crippen molar-refractivity contribution in [2.45, 2.75) is 37.8 Å². The molecule has 2 atom stereocenters. The van der Waals surface area contributed by atoms with Crippen LogP contribution in [0, 0.1) is 5.92 Å². The van der Waals surface area contributed by atoms with E-state index in [1.165, 1.54) is 0 Å². The highest BCUT2D eigenvalue weighted by atomic mass is 16.4. The minimum atomic E-state index is -1.61. The Morgan fingerprint density at radius 3 is 2.53 bits per heavy atom. The van der Waals surface area contributed by atoms with Crippen molar-refractivity contribution in [3.63, 3.8) is 0 Å². The molecule has 7 nitrogen and oxygen atoms in total. The standard InChI is InChI=1S/C12H18N2O5/c15-9(12(18)19)6-13-10(16)8-2-1-5-14(8)11(17)7-3-4-7/h7-9,15H,1-6H2,(H,13,16)(H,18,19). The van der Waals surface area contributed by atoms with Crippen molar-refractivity contribution in [2.24, 2.45) is 5.92 Å². The van der Waals surface area contributed by atoms with Crippen LogP contribution in [-0.2, 0) is 14.4 Å². The number of hydrogen-bond donors (Lipinski definition) is 3. The number of carboxylic acids is 1. The maximum Gasteiger partial charge on any atom is 0.334 e. The number of carboxylic acid groups (broad SMARTS) is 1. The van der Waals surface area contributed by atoms with E-state index in [0.29, 0.717) is 13.0 Å². The molecule has 1 aliphatic carbocycles. The Bertz CT molecular complexity index is 394. The predicted octanol–water partition coefficient (Wildman–Crippen LogP) is -1.05. The molecule has 1 aliphatic heterocycles. The van der Waals surface area contributed by atoms with Gasteiger partial charge in [0, 0.05) is 12.5 Å². The summed E-state index contributed by atoms with van der Waals surface area (Å²) in [5.74, 6) is -1.67. The molecule has 2 rings (SSSR count). The highest BCUT2D eigenvalue weighted by molar-refractivity contribution is 5.90. The third-order valence-electron chi connectivity index (χ3n) is 3.52. The molecule has 0 aromatic heterocycles. The number of amides is 2. The number of nitrogens with one attached hydrogen (secondary N) is 1. The Morgan fingerprint density at radius 2 is 1.95 bits per heavy atom. The largest absolute Gasteiger partial charge is 0.479 e. The average Bonchev–Trinajstić information content (AvgIpc) is 3.11. The van der Waals surface area contributed by atoms with Crippen LogP contribution in [0.15, 0.2) is 0 Å². The molecule has 0 aromatic rings. The zero-order chi connectivity index (χ0) is 14.0. The molecule has 2 unspecified atom stereocenters. The lowest BCUT2D eigenvalue weighted by Crippen LogP contribution is -2.48. The molecular formula is C12H18N2O5. The molecule has 0 spiro atoms. The molecule has 0 bridgehead atoms. The van der Waals surface area contributed by atoms with Gasteiger partial charge >= 0.3 is 5.97 Å². The van der Waals surface area contributed by atoms with Crippen LogP contribution in [0.1, 0.15) is 25.7 Å². The van der Waals surface area contributed by atoms with Gasteiger partial charge in [0.05, 0.1) is 6.54 Å². The van der Waals surface area contributed by atoms with Gasteiger partial charge in [-0.2, -0.15) is 0 Å². The Hall–Kier alpha value is -1.63. The lowest BCUT2D eigenvalue weighted by Gasteiger charge is -2.24. The van der Waals surface area contributed by atoms with Crippen molar-refractivity contribution in [2.75, 3.05) is 13.1 Å². The van der Waals surface area contributed by atoms with E-state index in [1.54, 1.807) is 4.90 Å². The SMILES string of the molecule is O=C(O)C(O)CNC(=O)C1CCCN1C(=O)C1CC1. The monoisotopic (exact) mass is 270 g/mol. The smallest absolute Gasteiger partial charge is 0.334 e. The molecule has 2 aliphatic rings. The quantitative estimate of drug-likeness (QED) is 0.591. The molecule has 1 saturated carbocycles. The van der Waals surface area contributed by atoms with Gasteiger partial charge in [-0.05, 0) is 25.7 Å². The van der Waals surface area contributed by atoms with Gasteiger partial charge in [0.15, 0.2) is 6.10 Å². The summed E-state index contributed by atoms with van der Waals surface area (Å²) >= 11 is 0. The van der Waals surface area contributed by atoms with Crippen LogP contribution in [0.2, 0.25) is 0 Å². The highest BCUT2D eigenvalue weighted by Crippen LogP contribution is 2.33. The predicted molar refractivity (Wildman–Crippen MR) is 64.1 cm³/mol. The Balaban J connectivity index is 1.86. The van der Waals surface area contributed by atoms with Crippen LogP contribution >= 0.6 is 0 Å². The molecule has 106 valence electrons. The van der Waals surface area contributed by atoms with Gasteiger partial charge in [0.25, 0.3) is 0 Å². The fourth-order valence-corrected chi connectivity index (χ4v) is 2.27. The normalized spacial score (nSPS) is 24.1. The van der Waals surface area contributed by atoms with E-state index in [0.717, 1.165) is 19.3 Å². The molecule has 19 heavy (non-hydrogen) atoms. The third kappa shape index (κ3) is 3.23. The lowest BCUT2D eigenvalue weighted by molar-refractivity contribution is -0.147. The van der Waals surface area contributed by atoms with Gasteiger partial charge in [-0.15, -0.1) is 0 Å². The van der Waals surface area contributed by atoms with Crippen molar-refractivity contribution in [1.82, 2.24) is 10.2 Å². The molecule has 7 heteroatoms. The van der Waals surface area contributed by atoms with E-state index >= 15 is 0 Å². The molecule has 2 fully saturated rings. The lowest BCUT2D eigenvalue weighted by atomic mass is 10.2. The van der Waals surface area contributed by atoms with Crippen molar-refractivity contribution < 1.29 is 24.6 Å². The van der Waals surface area contributed by atoms with Crippen LogP contribution in [0.5, 0.6) is 0 Å². The second-order valence-electron chi connectivity index (χ2n) is 5.06. The maximum atomic E-state index is 12.0. The Kier molecular flexibility index (Phi) is 4.04. The van der Waals surface area contributed by atoms with Gasteiger partial charge < -0.3 is 20.4 Å². The number of aliphatic hydroxyl groups is 1. The summed E-state index contributed by atoms with van der Waals surface area (Å²) in [5, 5.41) is 20.0. The highest BCUT2D eigenvalue weighted by Gasteiger charge is 2.40. The first-order valence-electron chi connectivity index (χ1n) is 6.49. The minimum absolute atomic E-state index is 0.0245. The molecule has 0 radical (unpaired) electrons. The van der Waals surface area contributed by atoms with Crippen molar-refractivity contribution in [3.8, 4) is 0 Å². The first-order chi connectivity index (χ1) is 9.00. The number of hydrogen-bond acceptors (Lipinski definition) is 4. The second-order valence-corrected chi connectivity index (χ2v) is 5.06. The van der Waals surface area contributed by atoms with Gasteiger partial charge in [-0.25, -0.2) is 4.79 Å². The Morgan fingerprint density at radius 1 is 1.26 bits per heavy atom. The average molecular weight is 270 g/mol.